The first-order valence-corrected chi connectivity index (χ1v) is 11.6. The second-order valence-electron chi connectivity index (χ2n) is 9.88. The lowest BCUT2D eigenvalue weighted by Crippen LogP contribution is -2.36. The third-order valence-electron chi connectivity index (χ3n) is 5.90. The SMILES string of the molecule is Cc1cc(N(C(C)C)C(C)C)ccc1N=C1C(C(C)C)=Nn2c1nc(C(C)C)c(C)c2=O. The molecule has 1 aliphatic rings. The van der Waals surface area contributed by atoms with Gasteiger partial charge in [-0.25, -0.2) is 9.98 Å². The molecule has 172 valence electrons. The highest BCUT2D eigenvalue weighted by molar-refractivity contribution is 6.49. The minimum absolute atomic E-state index is 0.112. The predicted octanol–water partition coefficient (Wildman–Crippen LogP) is 5.60. The normalized spacial score (nSPS) is 14.8. The van der Waals surface area contributed by atoms with Crippen molar-refractivity contribution < 1.29 is 0 Å². The highest BCUT2D eigenvalue weighted by Gasteiger charge is 2.30. The number of benzene rings is 1. The Hall–Kier alpha value is -2.76. The Morgan fingerprint density at radius 3 is 2.06 bits per heavy atom. The van der Waals surface area contributed by atoms with Crippen LogP contribution < -0.4 is 10.5 Å². The average Bonchev–Trinajstić information content (AvgIpc) is 3.04. The maximum atomic E-state index is 13.0. The van der Waals surface area contributed by atoms with Crippen molar-refractivity contribution in [1.82, 2.24) is 9.66 Å². The molecule has 0 atom stereocenters. The van der Waals surface area contributed by atoms with Crippen LogP contribution in [0.5, 0.6) is 0 Å². The van der Waals surface area contributed by atoms with Crippen molar-refractivity contribution in [2.75, 3.05) is 4.90 Å². The molecule has 0 saturated heterocycles. The van der Waals surface area contributed by atoms with E-state index in [2.05, 4.69) is 90.5 Å². The molecule has 0 radical (unpaired) electrons. The molecule has 6 nitrogen and oxygen atoms in total. The van der Waals surface area contributed by atoms with Crippen LogP contribution in [0.25, 0.3) is 0 Å². The van der Waals surface area contributed by atoms with E-state index in [1.165, 1.54) is 10.4 Å². The standard InChI is InChI=1S/C26H37N5O/c1-14(2)22-19(10)26(32)31-25(28-22)24(23(29-31)15(3)4)27-21-12-11-20(13-18(21)9)30(16(5)6)17(7)8/h11-17H,1-10H3. The minimum atomic E-state index is -0.112. The van der Waals surface area contributed by atoms with E-state index in [4.69, 9.17) is 9.98 Å². The van der Waals surface area contributed by atoms with Crippen molar-refractivity contribution >= 4 is 22.8 Å². The van der Waals surface area contributed by atoms with Crippen LogP contribution in [0.3, 0.4) is 0 Å². The van der Waals surface area contributed by atoms with Gasteiger partial charge in [-0.1, -0.05) is 27.7 Å². The van der Waals surface area contributed by atoms with Gasteiger partial charge in [0.05, 0.1) is 17.1 Å². The number of nitrogens with zero attached hydrogens (tertiary/aromatic N) is 5. The van der Waals surface area contributed by atoms with E-state index in [0.717, 1.165) is 22.7 Å². The molecule has 32 heavy (non-hydrogen) atoms. The highest BCUT2D eigenvalue weighted by Crippen LogP contribution is 2.29. The molecule has 6 heteroatoms. The lowest BCUT2D eigenvalue weighted by molar-refractivity contribution is 0.608. The van der Waals surface area contributed by atoms with Crippen molar-refractivity contribution in [3.8, 4) is 0 Å². The van der Waals surface area contributed by atoms with Crippen LogP contribution in [0.4, 0.5) is 11.4 Å². The molecule has 3 rings (SSSR count). The van der Waals surface area contributed by atoms with Crippen LogP contribution in [0, 0.1) is 19.8 Å². The summed E-state index contributed by atoms with van der Waals surface area (Å²) in [6.45, 7) is 21.0. The van der Waals surface area contributed by atoms with Crippen LogP contribution in [0.2, 0.25) is 0 Å². The summed E-state index contributed by atoms with van der Waals surface area (Å²) in [6, 6.07) is 7.19. The number of anilines is 1. The van der Waals surface area contributed by atoms with E-state index in [0.29, 0.717) is 29.2 Å². The minimum Gasteiger partial charge on any atom is -0.367 e. The van der Waals surface area contributed by atoms with Gasteiger partial charge in [0.1, 0.15) is 5.71 Å². The molecule has 0 fully saturated rings. The monoisotopic (exact) mass is 435 g/mol. The van der Waals surface area contributed by atoms with Crippen molar-refractivity contribution in [3.63, 3.8) is 0 Å². The predicted molar refractivity (Wildman–Crippen MR) is 135 cm³/mol. The lowest BCUT2D eigenvalue weighted by Gasteiger charge is -2.33. The Morgan fingerprint density at radius 1 is 0.938 bits per heavy atom. The number of fused-ring (bicyclic) bond motifs is 1. The number of hydrogen-bond acceptors (Lipinski definition) is 5. The van der Waals surface area contributed by atoms with E-state index in [1.54, 1.807) is 0 Å². The van der Waals surface area contributed by atoms with Gasteiger partial charge in [0, 0.05) is 23.3 Å². The topological polar surface area (TPSA) is 62.9 Å². The number of hydrogen-bond donors (Lipinski definition) is 0. The molecule has 0 aliphatic carbocycles. The zero-order chi connectivity index (χ0) is 23.9. The molecule has 0 unspecified atom stereocenters. The van der Waals surface area contributed by atoms with E-state index >= 15 is 0 Å². The molecule has 2 aromatic rings. The number of aryl methyl sites for hydroxylation is 1. The van der Waals surface area contributed by atoms with Crippen molar-refractivity contribution in [1.29, 1.82) is 0 Å². The third-order valence-corrected chi connectivity index (χ3v) is 5.90. The average molecular weight is 436 g/mol. The van der Waals surface area contributed by atoms with Gasteiger partial charge in [-0.15, -0.1) is 0 Å². The van der Waals surface area contributed by atoms with E-state index < -0.39 is 0 Å². The summed E-state index contributed by atoms with van der Waals surface area (Å²) in [6.07, 6.45) is 0. The van der Waals surface area contributed by atoms with Gasteiger partial charge in [-0.3, -0.25) is 4.79 Å². The Bertz CT molecular complexity index is 1130. The molecule has 1 aromatic carbocycles. The summed E-state index contributed by atoms with van der Waals surface area (Å²) in [7, 11) is 0. The molecule has 0 bridgehead atoms. The zero-order valence-electron chi connectivity index (χ0n) is 21.2. The van der Waals surface area contributed by atoms with Gasteiger partial charge in [-0.05, 0) is 77.1 Å². The van der Waals surface area contributed by atoms with Gasteiger partial charge >= 0.3 is 0 Å². The first-order valence-electron chi connectivity index (χ1n) is 11.6. The van der Waals surface area contributed by atoms with Crippen LogP contribution >= 0.6 is 0 Å². The molecule has 1 aliphatic heterocycles. The summed E-state index contributed by atoms with van der Waals surface area (Å²) in [4.78, 5) is 25.3. The molecular formula is C26H37N5O. The van der Waals surface area contributed by atoms with E-state index in [9.17, 15) is 4.79 Å². The van der Waals surface area contributed by atoms with Crippen LogP contribution in [-0.2, 0) is 0 Å². The second kappa shape index (κ2) is 9.00. The fourth-order valence-electron chi connectivity index (χ4n) is 4.42. The smallest absolute Gasteiger partial charge is 0.277 e. The number of rotatable bonds is 6. The van der Waals surface area contributed by atoms with E-state index in [-0.39, 0.29) is 17.4 Å². The van der Waals surface area contributed by atoms with Gasteiger partial charge in [0.15, 0.2) is 5.82 Å². The summed E-state index contributed by atoms with van der Waals surface area (Å²) in [5.74, 6) is 0.814. The largest absolute Gasteiger partial charge is 0.367 e. The molecule has 0 saturated carbocycles. The molecule has 2 heterocycles. The number of aromatic nitrogens is 2. The maximum Gasteiger partial charge on any atom is 0.277 e. The molecule has 0 spiro atoms. The first-order chi connectivity index (χ1) is 14.9. The number of aliphatic imine (C=N–C) groups is 1. The fraction of sp³-hybridized carbons (Fsp3) is 0.538. The van der Waals surface area contributed by atoms with Crippen LogP contribution in [0.15, 0.2) is 33.1 Å². The molecule has 1 aromatic heterocycles. The fourth-order valence-corrected chi connectivity index (χ4v) is 4.42. The summed E-state index contributed by atoms with van der Waals surface area (Å²) >= 11 is 0. The molecule has 0 N–H and O–H groups in total. The Balaban J connectivity index is 2.17. The van der Waals surface area contributed by atoms with Crippen molar-refractivity contribution in [2.24, 2.45) is 16.0 Å². The Kier molecular flexibility index (Phi) is 6.72. The maximum absolute atomic E-state index is 13.0. The summed E-state index contributed by atoms with van der Waals surface area (Å²) < 4.78 is 1.43. The zero-order valence-corrected chi connectivity index (χ0v) is 21.2. The van der Waals surface area contributed by atoms with Crippen molar-refractivity contribution in [3.05, 3.63) is 51.2 Å². The quantitative estimate of drug-likeness (QED) is 0.593. The van der Waals surface area contributed by atoms with Crippen LogP contribution in [0.1, 0.15) is 84.0 Å². The lowest BCUT2D eigenvalue weighted by atomic mass is 10.0. The van der Waals surface area contributed by atoms with Gasteiger partial charge < -0.3 is 4.90 Å². The van der Waals surface area contributed by atoms with Crippen molar-refractivity contribution in [2.45, 2.75) is 87.2 Å². The van der Waals surface area contributed by atoms with E-state index in [1.807, 2.05) is 6.92 Å². The summed E-state index contributed by atoms with van der Waals surface area (Å²) in [5.41, 5.74) is 5.99. The molecule has 0 amide bonds. The highest BCUT2D eigenvalue weighted by atomic mass is 16.1. The Morgan fingerprint density at radius 2 is 1.56 bits per heavy atom. The Labute approximate surface area is 192 Å². The molecular weight excluding hydrogens is 398 g/mol. The van der Waals surface area contributed by atoms with Gasteiger partial charge in [0.25, 0.3) is 5.56 Å². The third kappa shape index (κ3) is 4.27. The summed E-state index contributed by atoms with van der Waals surface area (Å²) in [5, 5.41) is 4.63. The van der Waals surface area contributed by atoms with Crippen LogP contribution in [-0.4, -0.2) is 33.2 Å². The van der Waals surface area contributed by atoms with Gasteiger partial charge in [-0.2, -0.15) is 9.78 Å². The second-order valence-corrected chi connectivity index (χ2v) is 9.88. The first kappa shape index (κ1) is 23.9. The van der Waals surface area contributed by atoms with Gasteiger partial charge in [0.2, 0.25) is 0 Å².